The van der Waals surface area contributed by atoms with Gasteiger partial charge in [-0.3, -0.25) is 4.98 Å². The fourth-order valence-electron chi connectivity index (χ4n) is 0.659. The Hall–Kier alpha value is -0.820. The Labute approximate surface area is 94.1 Å². The Balaban J connectivity index is 0. The second-order valence-electron chi connectivity index (χ2n) is 1.90. The van der Waals surface area contributed by atoms with Crippen LogP contribution >= 0.6 is 0 Å². The van der Waals surface area contributed by atoms with Crippen molar-refractivity contribution in [2.24, 2.45) is 0 Å². The number of pyridine rings is 1. The van der Waals surface area contributed by atoms with E-state index in [2.05, 4.69) is 4.98 Å². The molecule has 0 aliphatic heterocycles. The molecule has 0 saturated carbocycles. The summed E-state index contributed by atoms with van der Waals surface area (Å²) >= 11 is 0. The molecule has 0 radical (unpaired) electrons. The van der Waals surface area contributed by atoms with Crippen molar-refractivity contribution in [1.82, 2.24) is 4.98 Å². The molecule has 4 heteroatoms. The smallest absolute Gasteiger partial charge is 1.00 e. The van der Waals surface area contributed by atoms with Gasteiger partial charge in [0.05, 0.1) is 12.1 Å². The van der Waals surface area contributed by atoms with Crippen LogP contribution in [0.1, 0.15) is 6.99 Å². The van der Waals surface area contributed by atoms with E-state index in [0.29, 0.717) is 5.56 Å². The van der Waals surface area contributed by atoms with Crippen molar-refractivity contribution in [3.8, 4) is 6.07 Å². The summed E-state index contributed by atoms with van der Waals surface area (Å²) in [5.41, 5.74) is 0.550. The van der Waals surface area contributed by atoms with E-state index in [0.717, 1.165) is 6.08 Å². The molecule has 0 fully saturated rings. The molecule has 56 valence electrons. The maximum Gasteiger partial charge on any atom is 1.00 e. The van der Waals surface area contributed by atoms with Gasteiger partial charge < -0.3 is 6.53 Å². The first kappa shape index (κ1) is 11.2. The molecule has 0 saturated heterocycles. The largest absolute Gasteiger partial charge is 1.00 e. The zero-order valence-corrected chi connectivity index (χ0v) is 8.73. The molecule has 0 amide bonds. The van der Waals surface area contributed by atoms with E-state index >= 15 is 0 Å². The molecule has 3 nitrogen and oxygen atoms in total. The molecule has 0 bridgehead atoms. The molecule has 0 atom stereocenters. The first-order valence-electron chi connectivity index (χ1n) is 3.03. The number of rotatable bonds is 1. The van der Waals surface area contributed by atoms with Crippen molar-refractivity contribution in [3.63, 3.8) is 0 Å². The molecule has 0 spiro atoms. The normalized spacial score (nSPS) is 9.75. The summed E-state index contributed by atoms with van der Waals surface area (Å²) in [6.07, 6.45) is 4.16. The van der Waals surface area contributed by atoms with Gasteiger partial charge in [0.2, 0.25) is 0 Å². The van der Waals surface area contributed by atoms with Crippen LogP contribution in [0.15, 0.2) is 30.6 Å². The van der Waals surface area contributed by atoms with Crippen LogP contribution in [0.25, 0.3) is 5.76 Å². The third-order valence-corrected chi connectivity index (χ3v) is 1.16. The topological polar surface area (TPSA) is 56.9 Å². The Morgan fingerprint density at radius 2 is 2.50 bits per heavy atom. The summed E-state index contributed by atoms with van der Waals surface area (Å²) in [6, 6.07) is 5.09. The number of aliphatic hydroxyl groups is 1. The van der Waals surface area contributed by atoms with Gasteiger partial charge >= 0.3 is 29.6 Å². The molecule has 0 unspecified atom stereocenters. The predicted molar refractivity (Wildman–Crippen MR) is 41.6 cm³/mol. The third-order valence-electron chi connectivity index (χ3n) is 1.16. The van der Waals surface area contributed by atoms with Crippen LogP contribution in [0, 0.1) is 11.3 Å². The molecule has 1 heterocycles. The van der Waals surface area contributed by atoms with E-state index in [9.17, 15) is 0 Å². The average molecular weight is 170 g/mol. The minimum atomic E-state index is -0.0550. The maximum absolute atomic E-state index is 9.12. The van der Waals surface area contributed by atoms with Crippen LogP contribution in [0.2, 0.25) is 0 Å². The van der Waals surface area contributed by atoms with Gasteiger partial charge in [0, 0.05) is 18.0 Å². The molecule has 12 heavy (non-hydrogen) atoms. The van der Waals surface area contributed by atoms with Crippen LogP contribution in [-0.2, 0) is 0 Å². The summed E-state index contributed by atoms with van der Waals surface area (Å²) in [5.74, 6) is -0.0550. The van der Waals surface area contributed by atoms with Crippen LogP contribution in [0.3, 0.4) is 0 Å². The van der Waals surface area contributed by atoms with E-state index in [4.69, 9.17) is 10.4 Å². The molecule has 0 aliphatic rings. The van der Waals surface area contributed by atoms with Gasteiger partial charge in [-0.2, -0.15) is 5.26 Å². The zero-order chi connectivity index (χ0) is 8.10. The number of nitrogens with zero attached hydrogens (tertiary/aromatic N) is 2. The standard InChI is InChI=1S/C8H6N2O.Na.H/c9-4-3-8(11)7-2-1-5-10-6-7;;/h1-3,5-6,11H;;/q;+1;-1. The van der Waals surface area contributed by atoms with Gasteiger partial charge in [0.25, 0.3) is 0 Å². The Morgan fingerprint density at radius 3 is 3.00 bits per heavy atom. The molecule has 1 aromatic rings. The molecule has 0 aliphatic carbocycles. The van der Waals surface area contributed by atoms with Crippen LogP contribution in [0.5, 0.6) is 0 Å². The minimum Gasteiger partial charge on any atom is -1.00 e. The Morgan fingerprint density at radius 1 is 1.75 bits per heavy atom. The van der Waals surface area contributed by atoms with E-state index in [-0.39, 0.29) is 36.7 Å². The summed E-state index contributed by atoms with van der Waals surface area (Å²) in [6.45, 7) is 0. The first-order valence-corrected chi connectivity index (χ1v) is 3.03. The van der Waals surface area contributed by atoms with Crippen LogP contribution in [0.4, 0.5) is 0 Å². The Kier molecular flexibility index (Phi) is 5.39. The van der Waals surface area contributed by atoms with E-state index in [1.54, 1.807) is 24.4 Å². The molecular weight excluding hydrogens is 163 g/mol. The van der Waals surface area contributed by atoms with Gasteiger partial charge in [-0.25, -0.2) is 0 Å². The molecule has 1 aromatic heterocycles. The summed E-state index contributed by atoms with van der Waals surface area (Å²) in [4.78, 5) is 3.78. The van der Waals surface area contributed by atoms with Crippen molar-refractivity contribution in [2.75, 3.05) is 0 Å². The van der Waals surface area contributed by atoms with E-state index in [1.807, 2.05) is 0 Å². The SMILES string of the molecule is N#CC=C(O)c1cccnc1.[H-].[Na+]. The second kappa shape index (κ2) is 5.78. The van der Waals surface area contributed by atoms with Gasteiger partial charge in [0.1, 0.15) is 5.76 Å². The number of hydrogen-bond donors (Lipinski definition) is 1. The van der Waals surface area contributed by atoms with Crippen molar-refractivity contribution < 1.29 is 36.1 Å². The van der Waals surface area contributed by atoms with Gasteiger partial charge in [-0.15, -0.1) is 0 Å². The summed E-state index contributed by atoms with van der Waals surface area (Å²) in [7, 11) is 0. The number of nitriles is 1. The fourth-order valence-corrected chi connectivity index (χ4v) is 0.659. The van der Waals surface area contributed by atoms with Crippen molar-refractivity contribution in [3.05, 3.63) is 36.2 Å². The molecule has 1 N–H and O–H groups in total. The first-order chi connectivity index (χ1) is 5.34. The zero-order valence-electron chi connectivity index (χ0n) is 7.73. The van der Waals surface area contributed by atoms with Crippen molar-refractivity contribution >= 4 is 5.76 Å². The summed E-state index contributed by atoms with van der Waals surface area (Å²) in [5, 5.41) is 17.3. The molecule has 1 rings (SSSR count). The Bertz CT molecular complexity index is 308. The van der Waals surface area contributed by atoms with Gasteiger partial charge in [-0.1, -0.05) is 0 Å². The quantitative estimate of drug-likeness (QED) is 0.321. The van der Waals surface area contributed by atoms with Crippen LogP contribution < -0.4 is 29.6 Å². The van der Waals surface area contributed by atoms with Crippen LogP contribution in [-0.4, -0.2) is 10.1 Å². The van der Waals surface area contributed by atoms with Gasteiger partial charge in [-0.05, 0) is 12.1 Å². The monoisotopic (exact) mass is 170 g/mol. The number of allylic oxidation sites excluding steroid dienone is 1. The second-order valence-corrected chi connectivity index (χ2v) is 1.90. The third kappa shape index (κ3) is 3.05. The average Bonchev–Trinajstić information content (AvgIpc) is 2.07. The summed E-state index contributed by atoms with van der Waals surface area (Å²) < 4.78 is 0. The van der Waals surface area contributed by atoms with E-state index < -0.39 is 0 Å². The fraction of sp³-hybridized carbons (Fsp3) is 0. The minimum absolute atomic E-state index is 0. The number of hydrogen-bond acceptors (Lipinski definition) is 3. The van der Waals surface area contributed by atoms with Gasteiger partial charge in [0.15, 0.2) is 0 Å². The molecule has 0 aromatic carbocycles. The maximum atomic E-state index is 9.12. The predicted octanol–water partition coefficient (Wildman–Crippen LogP) is -1.38. The van der Waals surface area contributed by atoms with E-state index in [1.165, 1.54) is 6.20 Å². The number of aromatic nitrogens is 1. The van der Waals surface area contributed by atoms with Crippen molar-refractivity contribution in [2.45, 2.75) is 0 Å². The van der Waals surface area contributed by atoms with Crippen molar-refractivity contribution in [1.29, 1.82) is 5.26 Å². The molecular formula is C8H7N2NaO. The number of aliphatic hydroxyl groups excluding tert-OH is 1.